The van der Waals surface area contributed by atoms with E-state index in [1.165, 1.54) is 0 Å². The number of fused-ring (bicyclic) bond motifs is 1. The van der Waals surface area contributed by atoms with Crippen LogP contribution < -0.4 is 4.74 Å². The number of aromatic nitrogens is 3. The maximum Gasteiger partial charge on any atom is 0.132 e. The number of hydrogen-bond acceptors (Lipinski definition) is 5. The van der Waals surface area contributed by atoms with Crippen LogP contribution in [0.4, 0.5) is 0 Å². The lowest BCUT2D eigenvalue weighted by Gasteiger charge is -2.29. The average molecular weight is 453 g/mol. The molecule has 3 heterocycles. The fourth-order valence-electron chi connectivity index (χ4n) is 4.21. The SMILES string of the molecule is Cc1ccnc([C@H]2C[C@@H]2c2cc(OC3CCN(C)CC3)c3ccc(Br)cc3n2)n1. The molecule has 150 valence electrons. The lowest BCUT2D eigenvalue weighted by molar-refractivity contribution is 0.115. The first-order chi connectivity index (χ1) is 14.1. The quantitative estimate of drug-likeness (QED) is 0.566. The number of hydrogen-bond donors (Lipinski definition) is 0. The summed E-state index contributed by atoms with van der Waals surface area (Å²) in [5, 5.41) is 1.08. The van der Waals surface area contributed by atoms with Gasteiger partial charge in [-0.25, -0.2) is 9.97 Å². The van der Waals surface area contributed by atoms with Crippen LogP contribution in [0.5, 0.6) is 5.75 Å². The lowest BCUT2D eigenvalue weighted by atomic mass is 10.1. The van der Waals surface area contributed by atoms with Crippen molar-refractivity contribution in [3.05, 3.63) is 58.2 Å². The minimum Gasteiger partial charge on any atom is -0.490 e. The fraction of sp³-hybridized carbons (Fsp3) is 0.435. The van der Waals surface area contributed by atoms with Gasteiger partial charge in [-0.3, -0.25) is 4.98 Å². The van der Waals surface area contributed by atoms with Crippen molar-refractivity contribution in [3.63, 3.8) is 0 Å². The zero-order valence-electron chi connectivity index (χ0n) is 16.8. The summed E-state index contributed by atoms with van der Waals surface area (Å²) in [5.41, 5.74) is 3.09. The Morgan fingerprint density at radius 3 is 2.69 bits per heavy atom. The Morgan fingerprint density at radius 2 is 1.90 bits per heavy atom. The molecule has 0 N–H and O–H groups in total. The third-order valence-electron chi connectivity index (χ3n) is 6.03. The molecule has 5 nitrogen and oxygen atoms in total. The number of likely N-dealkylation sites (tertiary alicyclic amines) is 1. The van der Waals surface area contributed by atoms with E-state index in [9.17, 15) is 0 Å². The minimum absolute atomic E-state index is 0.267. The topological polar surface area (TPSA) is 51.1 Å². The predicted molar refractivity (Wildman–Crippen MR) is 117 cm³/mol. The molecule has 2 atom stereocenters. The Labute approximate surface area is 179 Å². The largest absolute Gasteiger partial charge is 0.490 e. The Morgan fingerprint density at radius 1 is 1.07 bits per heavy atom. The van der Waals surface area contributed by atoms with E-state index in [4.69, 9.17) is 9.72 Å². The van der Waals surface area contributed by atoms with E-state index in [0.717, 1.165) is 70.7 Å². The highest BCUT2D eigenvalue weighted by atomic mass is 79.9. The Kier molecular flexibility index (Phi) is 5.00. The molecule has 2 aliphatic rings. The van der Waals surface area contributed by atoms with E-state index < -0.39 is 0 Å². The van der Waals surface area contributed by atoms with Crippen LogP contribution in [0.3, 0.4) is 0 Å². The van der Waals surface area contributed by atoms with Gasteiger partial charge in [-0.2, -0.15) is 0 Å². The van der Waals surface area contributed by atoms with Gasteiger partial charge in [0.1, 0.15) is 17.7 Å². The number of pyridine rings is 1. The maximum atomic E-state index is 6.52. The van der Waals surface area contributed by atoms with Gasteiger partial charge in [-0.15, -0.1) is 0 Å². The molecule has 0 radical (unpaired) electrons. The summed E-state index contributed by atoms with van der Waals surface area (Å²) in [4.78, 5) is 16.5. The number of benzene rings is 1. The lowest BCUT2D eigenvalue weighted by Crippen LogP contribution is -2.35. The first kappa shape index (κ1) is 18.9. The molecular weight excluding hydrogens is 428 g/mol. The number of piperidine rings is 1. The molecule has 1 saturated heterocycles. The van der Waals surface area contributed by atoms with Crippen molar-refractivity contribution in [1.29, 1.82) is 0 Å². The summed E-state index contributed by atoms with van der Waals surface area (Å²) < 4.78 is 7.56. The van der Waals surface area contributed by atoms with E-state index in [2.05, 4.69) is 62.1 Å². The monoisotopic (exact) mass is 452 g/mol. The molecule has 0 bridgehead atoms. The summed E-state index contributed by atoms with van der Waals surface area (Å²) in [6, 6.07) is 10.4. The third kappa shape index (κ3) is 4.01. The van der Waals surface area contributed by atoms with Gasteiger partial charge in [-0.1, -0.05) is 15.9 Å². The number of ether oxygens (including phenoxy) is 1. The van der Waals surface area contributed by atoms with Crippen molar-refractivity contribution in [2.75, 3.05) is 20.1 Å². The molecule has 2 aromatic heterocycles. The summed E-state index contributed by atoms with van der Waals surface area (Å²) in [7, 11) is 2.17. The number of nitrogens with zero attached hydrogens (tertiary/aromatic N) is 4. The zero-order valence-corrected chi connectivity index (χ0v) is 18.4. The summed E-state index contributed by atoms with van der Waals surface area (Å²) in [5.74, 6) is 2.61. The third-order valence-corrected chi connectivity index (χ3v) is 6.52. The molecule has 6 heteroatoms. The smallest absolute Gasteiger partial charge is 0.132 e. The minimum atomic E-state index is 0.267. The van der Waals surface area contributed by atoms with Crippen molar-refractivity contribution >= 4 is 26.8 Å². The molecule has 0 unspecified atom stereocenters. The number of rotatable bonds is 4. The summed E-state index contributed by atoms with van der Waals surface area (Å²) >= 11 is 3.59. The Hall–Kier alpha value is -2.05. The maximum absolute atomic E-state index is 6.52. The van der Waals surface area contributed by atoms with Crippen LogP contribution in [-0.4, -0.2) is 46.1 Å². The van der Waals surface area contributed by atoms with Crippen LogP contribution in [0, 0.1) is 6.92 Å². The Bertz CT molecular complexity index is 1050. The molecular formula is C23H25BrN4O. The molecule has 1 aliphatic carbocycles. The fourth-order valence-corrected chi connectivity index (χ4v) is 4.56. The molecule has 0 amide bonds. The van der Waals surface area contributed by atoms with E-state index >= 15 is 0 Å². The molecule has 2 fully saturated rings. The predicted octanol–water partition coefficient (Wildman–Crippen LogP) is 4.84. The average Bonchev–Trinajstić information content (AvgIpc) is 3.50. The van der Waals surface area contributed by atoms with Gasteiger partial charge in [0.15, 0.2) is 0 Å². The number of halogens is 1. The second-order valence-corrected chi connectivity index (χ2v) is 9.25. The van der Waals surface area contributed by atoms with Crippen LogP contribution in [0.25, 0.3) is 10.9 Å². The zero-order chi connectivity index (χ0) is 20.0. The van der Waals surface area contributed by atoms with Crippen LogP contribution in [0.1, 0.15) is 48.3 Å². The molecule has 0 spiro atoms. The highest BCUT2D eigenvalue weighted by Crippen LogP contribution is 2.53. The van der Waals surface area contributed by atoms with Gasteiger partial charge < -0.3 is 9.64 Å². The van der Waals surface area contributed by atoms with Gasteiger partial charge in [0.05, 0.1) is 5.52 Å². The van der Waals surface area contributed by atoms with Gasteiger partial charge in [0.25, 0.3) is 0 Å². The highest BCUT2D eigenvalue weighted by Gasteiger charge is 2.43. The van der Waals surface area contributed by atoms with E-state index in [-0.39, 0.29) is 6.10 Å². The van der Waals surface area contributed by atoms with Gasteiger partial charge in [0.2, 0.25) is 0 Å². The van der Waals surface area contributed by atoms with Crippen molar-refractivity contribution in [2.45, 2.75) is 44.1 Å². The van der Waals surface area contributed by atoms with Gasteiger partial charge in [-0.05, 0) is 57.5 Å². The summed E-state index contributed by atoms with van der Waals surface area (Å²) in [6.45, 7) is 4.19. The van der Waals surface area contributed by atoms with Crippen molar-refractivity contribution < 1.29 is 4.74 Å². The molecule has 1 aliphatic heterocycles. The molecule has 5 rings (SSSR count). The van der Waals surface area contributed by atoms with Crippen molar-refractivity contribution in [3.8, 4) is 5.75 Å². The molecule has 3 aromatic rings. The number of aryl methyl sites for hydroxylation is 1. The van der Waals surface area contributed by atoms with Crippen LogP contribution in [-0.2, 0) is 0 Å². The standard InChI is InChI=1S/C23H25BrN4O/c1-14-5-8-25-23(26-14)19-12-18(19)21-13-22(29-16-6-9-28(2)10-7-16)17-4-3-15(24)11-20(17)27-21/h3-5,8,11,13,16,18-19H,6-7,9-10,12H2,1-2H3/t18-,19-/m0/s1. The van der Waals surface area contributed by atoms with Crippen LogP contribution >= 0.6 is 15.9 Å². The van der Waals surface area contributed by atoms with Crippen LogP contribution in [0.2, 0.25) is 0 Å². The second-order valence-electron chi connectivity index (χ2n) is 8.33. The van der Waals surface area contributed by atoms with Gasteiger partial charge >= 0.3 is 0 Å². The van der Waals surface area contributed by atoms with Crippen molar-refractivity contribution in [1.82, 2.24) is 19.9 Å². The molecule has 1 aromatic carbocycles. The first-order valence-electron chi connectivity index (χ1n) is 10.3. The second kappa shape index (κ2) is 7.65. The van der Waals surface area contributed by atoms with E-state index in [1.54, 1.807) is 0 Å². The molecule has 29 heavy (non-hydrogen) atoms. The highest BCUT2D eigenvalue weighted by molar-refractivity contribution is 9.10. The summed E-state index contributed by atoms with van der Waals surface area (Å²) in [6.07, 6.45) is 5.30. The van der Waals surface area contributed by atoms with Crippen LogP contribution in [0.15, 0.2) is 41.0 Å². The first-order valence-corrected chi connectivity index (χ1v) is 11.1. The molecule has 1 saturated carbocycles. The van der Waals surface area contributed by atoms with Gasteiger partial charge in [0, 0.05) is 58.4 Å². The van der Waals surface area contributed by atoms with E-state index in [0.29, 0.717) is 11.8 Å². The van der Waals surface area contributed by atoms with Crippen molar-refractivity contribution in [2.24, 2.45) is 0 Å². The van der Waals surface area contributed by atoms with E-state index in [1.807, 2.05) is 19.2 Å². The normalized spacial score (nSPS) is 22.7. The Balaban J connectivity index is 1.46.